The van der Waals surface area contributed by atoms with Crippen LogP contribution in [0.25, 0.3) is 11.3 Å². The Labute approximate surface area is 217 Å². The number of carbonyl (C=O) groups is 2. The van der Waals surface area contributed by atoms with Crippen molar-refractivity contribution in [1.82, 2.24) is 10.5 Å². The largest absolute Gasteiger partial charge is 0.371 e. The van der Waals surface area contributed by atoms with Gasteiger partial charge in [0.05, 0.1) is 11.6 Å². The summed E-state index contributed by atoms with van der Waals surface area (Å²) in [5.74, 6) is -0.489. The van der Waals surface area contributed by atoms with E-state index in [-0.39, 0.29) is 23.0 Å². The molecular formula is C29H33N5O3. The summed E-state index contributed by atoms with van der Waals surface area (Å²) in [6.45, 7) is 10.4. The molecule has 0 atom stereocenters. The van der Waals surface area contributed by atoms with Crippen LogP contribution in [0.3, 0.4) is 0 Å². The zero-order chi connectivity index (χ0) is 26.6. The summed E-state index contributed by atoms with van der Waals surface area (Å²) in [5, 5.41) is 19.4. The Morgan fingerprint density at radius 3 is 2.51 bits per heavy atom. The van der Waals surface area contributed by atoms with Crippen LogP contribution < -0.4 is 15.5 Å². The van der Waals surface area contributed by atoms with Gasteiger partial charge >= 0.3 is 0 Å². The van der Waals surface area contributed by atoms with Crippen LogP contribution in [0.5, 0.6) is 0 Å². The molecular weight excluding hydrogens is 466 g/mol. The lowest BCUT2D eigenvalue weighted by Gasteiger charge is -2.29. The molecule has 1 aliphatic heterocycles. The van der Waals surface area contributed by atoms with Crippen molar-refractivity contribution in [3.8, 4) is 17.3 Å². The van der Waals surface area contributed by atoms with Crippen molar-refractivity contribution in [2.75, 3.05) is 29.9 Å². The number of hydrogen-bond donors (Lipinski definition) is 2. The van der Waals surface area contributed by atoms with Gasteiger partial charge in [0.25, 0.3) is 11.8 Å². The zero-order valence-electron chi connectivity index (χ0n) is 21.9. The molecule has 0 radical (unpaired) electrons. The van der Waals surface area contributed by atoms with Crippen molar-refractivity contribution in [3.63, 3.8) is 0 Å². The van der Waals surface area contributed by atoms with Crippen LogP contribution in [-0.2, 0) is 0 Å². The van der Waals surface area contributed by atoms with Gasteiger partial charge in [-0.3, -0.25) is 9.59 Å². The van der Waals surface area contributed by atoms with Crippen molar-refractivity contribution in [1.29, 1.82) is 5.26 Å². The maximum absolute atomic E-state index is 13.2. The maximum atomic E-state index is 13.2. The number of nitrogens with one attached hydrogen (secondary N) is 2. The molecule has 0 unspecified atom stereocenters. The van der Waals surface area contributed by atoms with Crippen LogP contribution in [-0.4, -0.2) is 36.6 Å². The highest BCUT2D eigenvalue weighted by Gasteiger charge is 2.19. The molecule has 2 heterocycles. The van der Waals surface area contributed by atoms with Crippen molar-refractivity contribution in [2.24, 2.45) is 5.41 Å². The Balaban J connectivity index is 1.53. The van der Waals surface area contributed by atoms with E-state index >= 15 is 0 Å². The summed E-state index contributed by atoms with van der Waals surface area (Å²) < 4.78 is 5.30. The molecule has 1 fully saturated rings. The fourth-order valence-electron chi connectivity index (χ4n) is 4.26. The summed E-state index contributed by atoms with van der Waals surface area (Å²) in [7, 11) is 0. The van der Waals surface area contributed by atoms with Crippen LogP contribution >= 0.6 is 0 Å². The van der Waals surface area contributed by atoms with Crippen LogP contribution in [0.2, 0.25) is 0 Å². The molecule has 0 aliphatic carbocycles. The highest BCUT2D eigenvalue weighted by molar-refractivity contribution is 6.05. The van der Waals surface area contributed by atoms with E-state index in [2.05, 4.69) is 26.8 Å². The minimum atomic E-state index is -0.322. The minimum Gasteiger partial charge on any atom is -0.371 e. The summed E-state index contributed by atoms with van der Waals surface area (Å²) >= 11 is 0. The minimum absolute atomic E-state index is 0.0526. The number of carbonyl (C=O) groups excluding carboxylic acids is 2. The summed E-state index contributed by atoms with van der Waals surface area (Å²) in [6, 6.07) is 14.6. The molecule has 2 amide bonds. The van der Waals surface area contributed by atoms with E-state index in [1.807, 2.05) is 58.0 Å². The van der Waals surface area contributed by atoms with Crippen molar-refractivity contribution in [3.05, 3.63) is 64.9 Å². The number of anilines is 2. The van der Waals surface area contributed by atoms with E-state index in [1.54, 1.807) is 12.1 Å². The third-order valence-electron chi connectivity index (χ3n) is 6.31. The third kappa shape index (κ3) is 6.56. The molecule has 37 heavy (non-hydrogen) atoms. The molecule has 1 aromatic heterocycles. The summed E-state index contributed by atoms with van der Waals surface area (Å²) in [6.07, 6.45) is 3.41. The molecule has 2 N–H and O–H groups in total. The molecule has 8 nitrogen and oxygen atoms in total. The second-order valence-corrected chi connectivity index (χ2v) is 10.7. The molecule has 0 bridgehead atoms. The fraction of sp³-hybridized carbons (Fsp3) is 0.379. The van der Waals surface area contributed by atoms with E-state index in [1.165, 1.54) is 6.42 Å². The first-order valence-electron chi connectivity index (χ1n) is 12.6. The van der Waals surface area contributed by atoms with Crippen LogP contribution in [0.1, 0.15) is 72.1 Å². The Bertz CT molecular complexity index is 1340. The van der Waals surface area contributed by atoms with Gasteiger partial charge in [0, 0.05) is 48.2 Å². The van der Waals surface area contributed by atoms with Crippen molar-refractivity contribution < 1.29 is 14.1 Å². The van der Waals surface area contributed by atoms with Crippen LogP contribution in [0, 0.1) is 23.7 Å². The lowest BCUT2D eigenvalue weighted by atomic mass is 9.97. The Kier molecular flexibility index (Phi) is 7.63. The standard InChI is InChI=1S/C29H33N5O3/c1-19-8-9-22(15-24(19)25-16-26(37-33-25)28(36)31-18-29(2,3)4)32-27(35)21-12-20(17-30)13-23(14-21)34-10-6-5-7-11-34/h8-9,12-16H,5-7,10-11,18H2,1-4H3,(H,31,36)(H,32,35). The van der Waals surface area contributed by atoms with Gasteiger partial charge in [0.2, 0.25) is 5.76 Å². The van der Waals surface area contributed by atoms with Gasteiger partial charge in [0.1, 0.15) is 5.69 Å². The molecule has 3 aromatic rings. The molecule has 4 rings (SSSR count). The number of aryl methyl sites for hydroxylation is 1. The van der Waals surface area contributed by atoms with Gasteiger partial charge in [0.15, 0.2) is 0 Å². The average molecular weight is 500 g/mol. The predicted octanol–water partition coefficient (Wildman–Crippen LogP) is 5.54. The molecule has 1 saturated heterocycles. The van der Waals surface area contributed by atoms with Gasteiger partial charge < -0.3 is 20.1 Å². The summed E-state index contributed by atoms with van der Waals surface area (Å²) in [5.41, 5.74) is 4.49. The van der Waals surface area contributed by atoms with E-state index < -0.39 is 0 Å². The third-order valence-corrected chi connectivity index (χ3v) is 6.31. The SMILES string of the molecule is Cc1ccc(NC(=O)c2cc(C#N)cc(N3CCCCC3)c2)cc1-c1cc(C(=O)NCC(C)(C)C)on1. The average Bonchev–Trinajstić information content (AvgIpc) is 3.38. The Hall–Kier alpha value is -4.12. The lowest BCUT2D eigenvalue weighted by molar-refractivity contribution is 0.0902. The number of nitrogens with zero attached hydrogens (tertiary/aromatic N) is 3. The second-order valence-electron chi connectivity index (χ2n) is 10.7. The lowest BCUT2D eigenvalue weighted by Crippen LogP contribution is -2.31. The first-order chi connectivity index (χ1) is 17.6. The molecule has 0 spiro atoms. The molecule has 8 heteroatoms. The van der Waals surface area contributed by atoms with Crippen molar-refractivity contribution in [2.45, 2.75) is 47.0 Å². The zero-order valence-corrected chi connectivity index (χ0v) is 21.9. The number of aromatic nitrogens is 1. The second kappa shape index (κ2) is 10.9. The number of nitriles is 1. The molecule has 1 aliphatic rings. The van der Waals surface area contributed by atoms with Gasteiger partial charge in [-0.05, 0) is 67.5 Å². The number of benzene rings is 2. The van der Waals surface area contributed by atoms with Gasteiger partial charge in [-0.25, -0.2) is 0 Å². The smallest absolute Gasteiger partial charge is 0.289 e. The topological polar surface area (TPSA) is 111 Å². The van der Waals surface area contributed by atoms with Gasteiger partial charge in [-0.1, -0.05) is 32.0 Å². The molecule has 0 saturated carbocycles. The fourth-order valence-corrected chi connectivity index (χ4v) is 4.26. The normalized spacial score (nSPS) is 13.6. The molecule has 2 aromatic carbocycles. The summed E-state index contributed by atoms with van der Waals surface area (Å²) in [4.78, 5) is 27.9. The number of piperidine rings is 1. The number of rotatable bonds is 6. The predicted molar refractivity (Wildman–Crippen MR) is 144 cm³/mol. The van der Waals surface area contributed by atoms with E-state index in [4.69, 9.17) is 4.52 Å². The monoisotopic (exact) mass is 499 g/mol. The van der Waals surface area contributed by atoms with Crippen molar-refractivity contribution >= 4 is 23.2 Å². The van der Waals surface area contributed by atoms with E-state index in [0.29, 0.717) is 29.1 Å². The molecule has 192 valence electrons. The van der Waals surface area contributed by atoms with Gasteiger partial charge in [-0.15, -0.1) is 0 Å². The number of amides is 2. The van der Waals surface area contributed by atoms with Gasteiger partial charge in [-0.2, -0.15) is 5.26 Å². The van der Waals surface area contributed by atoms with Crippen LogP contribution in [0.4, 0.5) is 11.4 Å². The Morgan fingerprint density at radius 1 is 1.05 bits per heavy atom. The van der Waals surface area contributed by atoms with E-state index in [9.17, 15) is 14.9 Å². The first-order valence-corrected chi connectivity index (χ1v) is 12.6. The first kappa shape index (κ1) is 26.0. The van der Waals surface area contributed by atoms with E-state index in [0.717, 1.165) is 42.7 Å². The van der Waals surface area contributed by atoms with Crippen LogP contribution in [0.15, 0.2) is 47.0 Å². The quantitative estimate of drug-likeness (QED) is 0.461. The number of hydrogen-bond acceptors (Lipinski definition) is 6. The maximum Gasteiger partial charge on any atom is 0.289 e. The highest BCUT2D eigenvalue weighted by Crippen LogP contribution is 2.28. The highest BCUT2D eigenvalue weighted by atomic mass is 16.5. The Morgan fingerprint density at radius 2 is 1.81 bits per heavy atom.